The molecule has 0 spiro atoms. The SMILES string of the molecule is CCC(C)[NH][Hf+]([c]1cccc2c1Cc1ccccc1-2)[SiH](c1ccccc1)c1ccccc1.CCC(C)[NH][Hf+]([c]1cccc2c1Cc1ccccc1-2)[SiH](c1ccccc1)c1ccccc1.[Cl-].[Cl-]. The molecule has 0 fully saturated rings. The van der Waals surface area contributed by atoms with Crippen LogP contribution in [0.5, 0.6) is 0 Å². The topological polar surface area (TPSA) is 24.1 Å². The molecular formula is C58H60Cl2Hf2N2Si2. The van der Waals surface area contributed by atoms with Crippen molar-refractivity contribution in [3.63, 3.8) is 0 Å². The largest absolute Gasteiger partial charge is 1.00 e. The van der Waals surface area contributed by atoms with Crippen LogP contribution in [0.3, 0.4) is 0 Å². The van der Waals surface area contributed by atoms with E-state index < -0.39 is 53.8 Å². The van der Waals surface area contributed by atoms with Gasteiger partial charge in [-0.3, -0.25) is 0 Å². The molecule has 0 aromatic heterocycles. The van der Waals surface area contributed by atoms with E-state index in [2.05, 4.69) is 241 Å². The van der Waals surface area contributed by atoms with Gasteiger partial charge in [0.2, 0.25) is 0 Å². The predicted octanol–water partition coefficient (Wildman–Crippen LogP) is 2.69. The maximum Gasteiger partial charge on any atom is -1.00 e. The van der Waals surface area contributed by atoms with Crippen molar-refractivity contribution in [2.75, 3.05) is 0 Å². The molecule has 66 heavy (non-hydrogen) atoms. The molecule has 0 saturated carbocycles. The second-order valence-electron chi connectivity index (χ2n) is 17.6. The third-order valence-corrected chi connectivity index (χ3v) is 66.7. The molecule has 8 heteroatoms. The number of benzene rings is 8. The molecule has 0 bridgehead atoms. The van der Waals surface area contributed by atoms with Crippen LogP contribution in [0, 0.1) is 0 Å². The Labute approximate surface area is 424 Å². The van der Waals surface area contributed by atoms with Gasteiger partial charge in [-0.05, 0) is 0 Å². The number of halogens is 2. The standard InChI is InChI=1S/2C13H9.2C12H11Si.2C4H10N.2ClH.2Hf/c2*1-3-7-12-10(5-1)9-11-6-2-4-8-13(11)12;2*1-3-7-11(8-4-1)13-12-9-5-2-6-10-12;2*1-3-4(2)5;;;;/h2*1-5,7-8H,9H2;2*1-10,13H;2*4-5H,3H2,1-2H3;2*1H;;/q;;;;2*-1;;;2*+2/p-2. The molecule has 2 unspecified atom stereocenters. The molecule has 2 atom stereocenters. The Bertz CT molecular complexity index is 2510. The Morgan fingerprint density at radius 1 is 0.379 bits per heavy atom. The number of hydrogen-bond acceptors (Lipinski definition) is 2. The molecule has 0 amide bonds. The monoisotopic (exact) mass is 1270 g/mol. The van der Waals surface area contributed by atoms with Crippen LogP contribution >= 0.6 is 0 Å². The minimum atomic E-state index is -2.51. The minimum Gasteiger partial charge on any atom is -1.00 e. The minimum absolute atomic E-state index is 0. The Balaban J connectivity index is 0.000000191. The Hall–Kier alpha value is -3.57. The number of nitrogens with one attached hydrogen (secondary N) is 2. The Morgan fingerprint density at radius 2 is 0.667 bits per heavy atom. The van der Waals surface area contributed by atoms with E-state index in [1.165, 1.54) is 46.2 Å². The first-order valence-electron chi connectivity index (χ1n) is 23.4. The fraction of sp³-hybridized carbons (Fsp3) is 0.172. The van der Waals surface area contributed by atoms with Gasteiger partial charge in [-0.15, -0.1) is 0 Å². The summed E-state index contributed by atoms with van der Waals surface area (Å²) in [6, 6.07) is 79.0. The average molecular weight is 1270 g/mol. The predicted molar refractivity (Wildman–Crippen MR) is 273 cm³/mol. The first-order valence-corrected chi connectivity index (χ1v) is 46.5. The molecule has 0 heterocycles. The van der Waals surface area contributed by atoms with Crippen molar-refractivity contribution >= 4 is 39.4 Å². The maximum absolute atomic E-state index is 4.31. The van der Waals surface area contributed by atoms with Gasteiger partial charge < -0.3 is 24.8 Å². The molecule has 0 saturated heterocycles. The van der Waals surface area contributed by atoms with Crippen LogP contribution in [-0.4, -0.2) is 24.1 Å². The van der Waals surface area contributed by atoms with E-state index in [0.29, 0.717) is 12.1 Å². The number of hydrogen-bond donors (Lipinski definition) is 2. The third-order valence-electron chi connectivity index (χ3n) is 13.4. The molecule has 2 nitrogen and oxygen atoms in total. The van der Waals surface area contributed by atoms with Crippen LogP contribution in [0.15, 0.2) is 206 Å². The quantitative estimate of drug-likeness (QED) is 0.164. The smallest absolute Gasteiger partial charge is 1.00 e. The van der Waals surface area contributed by atoms with Gasteiger partial charge in [0.1, 0.15) is 0 Å². The summed E-state index contributed by atoms with van der Waals surface area (Å²) in [7, 11) is 0. The van der Waals surface area contributed by atoms with Crippen LogP contribution in [0.2, 0.25) is 0 Å². The number of fused-ring (bicyclic) bond motifs is 6. The molecule has 0 radical (unpaired) electrons. The van der Waals surface area contributed by atoms with E-state index in [-0.39, 0.29) is 24.8 Å². The van der Waals surface area contributed by atoms with Crippen LogP contribution in [-0.2, 0) is 54.6 Å². The second kappa shape index (κ2) is 24.1. The molecule has 8 aromatic rings. The molecule has 8 aromatic carbocycles. The fourth-order valence-electron chi connectivity index (χ4n) is 9.82. The van der Waals surface area contributed by atoms with Crippen molar-refractivity contribution in [2.45, 2.75) is 65.5 Å². The maximum atomic E-state index is 4.31. The molecule has 2 aliphatic rings. The van der Waals surface area contributed by atoms with Crippen molar-refractivity contribution in [1.29, 1.82) is 0 Å². The first-order chi connectivity index (χ1) is 31.5. The molecular weight excluding hydrogens is 1210 g/mol. The van der Waals surface area contributed by atoms with Crippen LogP contribution < -0.4 is 58.8 Å². The summed E-state index contributed by atoms with van der Waals surface area (Å²) in [5.74, 6) is -2.78. The molecule has 0 aliphatic heterocycles. The average Bonchev–Trinajstić information content (AvgIpc) is 3.94. The molecule has 2 N–H and O–H groups in total. The summed E-state index contributed by atoms with van der Waals surface area (Å²) in [5.41, 5.74) is 12.0. The van der Waals surface area contributed by atoms with Gasteiger partial charge in [-0.25, -0.2) is 0 Å². The summed E-state index contributed by atoms with van der Waals surface area (Å²) in [6.45, 7) is 9.38. The first kappa shape index (κ1) is 50.3. The molecule has 2 aliphatic carbocycles. The van der Waals surface area contributed by atoms with Crippen molar-refractivity contribution in [2.24, 2.45) is 0 Å². The zero-order valence-corrected chi connectivity index (χ0v) is 49.5. The van der Waals surface area contributed by atoms with E-state index in [1.54, 1.807) is 38.5 Å². The summed E-state index contributed by atoms with van der Waals surface area (Å²) < 4.78 is 12.0. The van der Waals surface area contributed by atoms with E-state index in [4.69, 9.17) is 0 Å². The van der Waals surface area contributed by atoms with Crippen LogP contribution in [0.4, 0.5) is 0 Å². The molecule has 10 rings (SSSR count). The summed E-state index contributed by atoms with van der Waals surface area (Å²) in [6.07, 6.45) is 4.52. The second-order valence-corrected chi connectivity index (χ2v) is 55.8. The van der Waals surface area contributed by atoms with E-state index in [9.17, 15) is 0 Å². The van der Waals surface area contributed by atoms with Crippen LogP contribution in [0.1, 0.15) is 62.8 Å². The Morgan fingerprint density at radius 3 is 0.985 bits per heavy atom. The summed E-state index contributed by atoms with van der Waals surface area (Å²) in [4.78, 5) is 0. The third kappa shape index (κ3) is 11.1. The van der Waals surface area contributed by atoms with E-state index in [1.807, 2.05) is 0 Å². The fourth-order valence-corrected chi connectivity index (χ4v) is 69.7. The van der Waals surface area contributed by atoms with Crippen LogP contribution in [0.25, 0.3) is 22.3 Å². The summed E-state index contributed by atoms with van der Waals surface area (Å²) in [5, 5.41) is 6.35. The zero-order valence-electron chi connectivity index (χ0n) is 38.5. The zero-order chi connectivity index (χ0) is 43.8. The van der Waals surface area contributed by atoms with Gasteiger partial charge in [-0.1, -0.05) is 0 Å². The van der Waals surface area contributed by atoms with Crippen molar-refractivity contribution in [3.8, 4) is 22.3 Å². The van der Waals surface area contributed by atoms with E-state index in [0.717, 1.165) is 12.8 Å². The number of rotatable bonds is 14. The van der Waals surface area contributed by atoms with Gasteiger partial charge in [0.15, 0.2) is 0 Å². The van der Waals surface area contributed by atoms with Gasteiger partial charge in [0, 0.05) is 0 Å². The van der Waals surface area contributed by atoms with Crippen molar-refractivity contribution in [3.05, 3.63) is 229 Å². The molecule has 332 valence electrons. The Kier molecular flexibility index (Phi) is 18.4. The van der Waals surface area contributed by atoms with Gasteiger partial charge in [0.05, 0.1) is 0 Å². The van der Waals surface area contributed by atoms with E-state index >= 15 is 0 Å². The van der Waals surface area contributed by atoms with Gasteiger partial charge >= 0.3 is 404 Å². The van der Waals surface area contributed by atoms with Crippen molar-refractivity contribution in [1.82, 2.24) is 6.61 Å². The summed E-state index contributed by atoms with van der Waals surface area (Å²) >= 11 is -5.03. The van der Waals surface area contributed by atoms with Gasteiger partial charge in [-0.2, -0.15) is 0 Å². The van der Waals surface area contributed by atoms with Gasteiger partial charge in [0.25, 0.3) is 0 Å². The van der Waals surface area contributed by atoms with Crippen molar-refractivity contribution < 1.29 is 66.6 Å². The normalized spacial score (nSPS) is 12.6.